The number of halogens is 1. The molecule has 3 N–H and O–H groups in total. The molecule has 1 aromatic carbocycles. The first kappa shape index (κ1) is 19.5. The lowest BCUT2D eigenvalue weighted by Crippen LogP contribution is -2.69. The number of benzene rings is 1. The van der Waals surface area contributed by atoms with Crippen molar-refractivity contribution in [2.24, 2.45) is 0 Å². The van der Waals surface area contributed by atoms with Crippen LogP contribution in [0.15, 0.2) is 24.3 Å². The molecule has 2 rings (SSSR count). The molecule has 1 aliphatic rings. The molecule has 0 bridgehead atoms. The average molecular weight is 459 g/mol. The summed E-state index contributed by atoms with van der Waals surface area (Å²) in [6.07, 6.45) is -0.358. The van der Waals surface area contributed by atoms with E-state index < -0.39 is 17.7 Å². The van der Waals surface area contributed by atoms with Gasteiger partial charge in [-0.15, -0.1) is 0 Å². The SMILES string of the molecule is CC(C)(C)OC(=O)Nc1ccc(CC(=O)NC2C(=O)NC2CI)cc1. The van der Waals surface area contributed by atoms with Crippen LogP contribution in [0.1, 0.15) is 26.3 Å². The number of β-lactam (4-membered cyclic amide) rings is 1. The monoisotopic (exact) mass is 459 g/mol. The number of hydrogen-bond donors (Lipinski definition) is 3. The van der Waals surface area contributed by atoms with Crippen molar-refractivity contribution >= 4 is 46.2 Å². The number of ether oxygens (including phenoxy) is 1. The number of alkyl halides is 1. The molecule has 8 heteroatoms. The lowest BCUT2D eigenvalue weighted by Gasteiger charge is -2.35. The van der Waals surface area contributed by atoms with E-state index in [0.29, 0.717) is 5.69 Å². The van der Waals surface area contributed by atoms with Crippen LogP contribution in [-0.2, 0) is 20.7 Å². The van der Waals surface area contributed by atoms with Crippen molar-refractivity contribution < 1.29 is 19.1 Å². The van der Waals surface area contributed by atoms with Gasteiger partial charge in [-0.1, -0.05) is 34.7 Å². The summed E-state index contributed by atoms with van der Waals surface area (Å²) in [5, 5.41) is 8.12. The third kappa shape index (κ3) is 5.87. The molecule has 3 amide bonds. The van der Waals surface area contributed by atoms with Gasteiger partial charge in [-0.3, -0.25) is 14.9 Å². The molecule has 7 nitrogen and oxygen atoms in total. The molecule has 2 unspecified atom stereocenters. The summed E-state index contributed by atoms with van der Waals surface area (Å²) in [6, 6.07) is 6.47. The van der Waals surface area contributed by atoms with Gasteiger partial charge in [0.1, 0.15) is 11.6 Å². The number of hydrogen-bond acceptors (Lipinski definition) is 4. The summed E-state index contributed by atoms with van der Waals surface area (Å²) in [7, 11) is 0. The first-order chi connectivity index (χ1) is 11.7. The minimum Gasteiger partial charge on any atom is -0.444 e. The Morgan fingerprint density at radius 1 is 1.24 bits per heavy atom. The van der Waals surface area contributed by atoms with E-state index in [1.807, 2.05) is 0 Å². The van der Waals surface area contributed by atoms with Crippen molar-refractivity contribution in [1.82, 2.24) is 10.6 Å². The van der Waals surface area contributed by atoms with Crippen LogP contribution in [-0.4, -0.2) is 40.0 Å². The number of rotatable bonds is 5. The zero-order valence-electron chi connectivity index (χ0n) is 14.4. The summed E-state index contributed by atoms with van der Waals surface area (Å²) in [5.41, 5.74) is 0.811. The van der Waals surface area contributed by atoms with Crippen LogP contribution < -0.4 is 16.0 Å². The Morgan fingerprint density at radius 2 is 1.88 bits per heavy atom. The van der Waals surface area contributed by atoms with Crippen LogP contribution in [0.2, 0.25) is 0 Å². The van der Waals surface area contributed by atoms with Gasteiger partial charge >= 0.3 is 6.09 Å². The number of carbonyl (C=O) groups excluding carboxylic acids is 3. The van der Waals surface area contributed by atoms with E-state index in [1.165, 1.54) is 0 Å². The maximum Gasteiger partial charge on any atom is 0.412 e. The smallest absolute Gasteiger partial charge is 0.412 e. The highest BCUT2D eigenvalue weighted by Gasteiger charge is 2.39. The summed E-state index contributed by atoms with van der Waals surface area (Å²) in [4.78, 5) is 35.2. The zero-order chi connectivity index (χ0) is 18.6. The van der Waals surface area contributed by atoms with Crippen LogP contribution in [0.25, 0.3) is 0 Å². The lowest BCUT2D eigenvalue weighted by molar-refractivity contribution is -0.135. The molecule has 1 heterocycles. The Morgan fingerprint density at radius 3 is 2.40 bits per heavy atom. The van der Waals surface area contributed by atoms with Crippen molar-refractivity contribution in [3.63, 3.8) is 0 Å². The van der Waals surface area contributed by atoms with Gasteiger partial charge in [0.15, 0.2) is 0 Å². The second kappa shape index (κ2) is 8.03. The Balaban J connectivity index is 1.84. The molecule has 1 fully saturated rings. The van der Waals surface area contributed by atoms with Crippen LogP contribution >= 0.6 is 22.6 Å². The van der Waals surface area contributed by atoms with Gasteiger partial charge in [-0.25, -0.2) is 4.79 Å². The molecule has 0 radical (unpaired) electrons. The van der Waals surface area contributed by atoms with Gasteiger partial charge in [-0.2, -0.15) is 0 Å². The van der Waals surface area contributed by atoms with Gasteiger partial charge in [0.2, 0.25) is 11.8 Å². The van der Waals surface area contributed by atoms with Gasteiger partial charge < -0.3 is 15.4 Å². The predicted molar refractivity (Wildman–Crippen MR) is 103 cm³/mol. The second-order valence-electron chi connectivity index (χ2n) is 6.82. The fourth-order valence-corrected chi connectivity index (χ4v) is 3.00. The van der Waals surface area contributed by atoms with E-state index >= 15 is 0 Å². The molecule has 1 saturated heterocycles. The van der Waals surface area contributed by atoms with Crippen molar-refractivity contribution in [1.29, 1.82) is 0 Å². The highest BCUT2D eigenvalue weighted by molar-refractivity contribution is 14.1. The third-order valence-electron chi connectivity index (χ3n) is 3.46. The van der Waals surface area contributed by atoms with E-state index in [-0.39, 0.29) is 24.3 Å². The molecule has 25 heavy (non-hydrogen) atoms. The van der Waals surface area contributed by atoms with Crippen LogP contribution in [0.4, 0.5) is 10.5 Å². The number of amides is 3. The number of anilines is 1. The fraction of sp³-hybridized carbons (Fsp3) is 0.471. The topological polar surface area (TPSA) is 96.5 Å². The predicted octanol–water partition coefficient (Wildman–Crippen LogP) is 1.99. The number of nitrogens with one attached hydrogen (secondary N) is 3. The lowest BCUT2D eigenvalue weighted by atomic mass is 10.0. The fourth-order valence-electron chi connectivity index (χ4n) is 2.27. The highest BCUT2D eigenvalue weighted by Crippen LogP contribution is 2.14. The van der Waals surface area contributed by atoms with Crippen LogP contribution in [0.3, 0.4) is 0 Å². The summed E-state index contributed by atoms with van der Waals surface area (Å²) in [6.45, 7) is 5.37. The van der Waals surface area contributed by atoms with Crippen molar-refractivity contribution in [2.45, 2.75) is 44.9 Å². The van der Waals surface area contributed by atoms with Gasteiger partial charge in [0.05, 0.1) is 12.5 Å². The molecule has 0 spiro atoms. The molecular formula is C17H22IN3O4. The molecule has 0 aromatic heterocycles. The van der Waals surface area contributed by atoms with E-state index in [1.54, 1.807) is 45.0 Å². The molecule has 1 aromatic rings. The Labute approximate surface area is 160 Å². The highest BCUT2D eigenvalue weighted by atomic mass is 127. The minimum absolute atomic E-state index is 0.00236. The summed E-state index contributed by atoms with van der Waals surface area (Å²) in [5.74, 6) is -0.352. The zero-order valence-corrected chi connectivity index (χ0v) is 16.5. The molecule has 0 aliphatic carbocycles. The van der Waals surface area contributed by atoms with Crippen molar-refractivity contribution in [3.05, 3.63) is 29.8 Å². The first-order valence-electron chi connectivity index (χ1n) is 7.92. The van der Waals surface area contributed by atoms with E-state index in [0.717, 1.165) is 9.99 Å². The van der Waals surface area contributed by atoms with E-state index in [4.69, 9.17) is 4.74 Å². The summed E-state index contributed by atoms with van der Waals surface area (Å²) < 4.78 is 5.93. The maximum absolute atomic E-state index is 12.1. The molecule has 0 saturated carbocycles. The quantitative estimate of drug-likeness (QED) is 0.357. The van der Waals surface area contributed by atoms with Gasteiger partial charge in [-0.05, 0) is 38.5 Å². The normalized spacial score (nSPS) is 19.4. The van der Waals surface area contributed by atoms with Crippen molar-refractivity contribution in [2.75, 3.05) is 9.74 Å². The standard InChI is InChI=1S/C17H22IN3O4/c1-17(2,3)25-16(24)19-11-6-4-10(5-7-11)8-13(22)21-14-12(9-18)20-15(14)23/h4-7,12,14H,8-9H2,1-3H3,(H,19,24)(H,20,23)(H,21,22). The molecule has 136 valence electrons. The Hall–Kier alpha value is -1.84. The second-order valence-corrected chi connectivity index (χ2v) is 7.70. The molecular weight excluding hydrogens is 437 g/mol. The molecule has 1 aliphatic heterocycles. The van der Waals surface area contributed by atoms with E-state index in [9.17, 15) is 14.4 Å². The average Bonchev–Trinajstić information content (AvgIpc) is 2.50. The van der Waals surface area contributed by atoms with E-state index in [2.05, 4.69) is 38.5 Å². The first-order valence-corrected chi connectivity index (χ1v) is 9.45. The Bertz CT molecular complexity index is 655. The van der Waals surface area contributed by atoms with Gasteiger partial charge in [0, 0.05) is 10.1 Å². The van der Waals surface area contributed by atoms with Crippen LogP contribution in [0, 0.1) is 0 Å². The Kier molecular flexibility index (Phi) is 6.26. The minimum atomic E-state index is -0.564. The largest absolute Gasteiger partial charge is 0.444 e. The summed E-state index contributed by atoms with van der Waals surface area (Å²) >= 11 is 2.17. The maximum atomic E-state index is 12.1. The number of carbonyl (C=O) groups is 3. The molecule has 2 atom stereocenters. The van der Waals surface area contributed by atoms with Crippen LogP contribution in [0.5, 0.6) is 0 Å². The van der Waals surface area contributed by atoms with Gasteiger partial charge in [0.25, 0.3) is 0 Å². The third-order valence-corrected chi connectivity index (χ3v) is 4.41. The van der Waals surface area contributed by atoms with Crippen molar-refractivity contribution in [3.8, 4) is 0 Å².